The molecule has 0 bridgehead atoms. The van der Waals surface area contributed by atoms with Crippen molar-refractivity contribution in [1.82, 2.24) is 35.4 Å². The van der Waals surface area contributed by atoms with Gasteiger partial charge in [0.1, 0.15) is 0 Å². The minimum absolute atomic E-state index is 0. The zero-order chi connectivity index (χ0) is 19.3. The summed E-state index contributed by atoms with van der Waals surface area (Å²) in [6.07, 6.45) is 1.92. The molecule has 0 saturated carbocycles. The Morgan fingerprint density at radius 2 is 1.90 bits per heavy atom. The average molecular weight is 525 g/mol. The predicted molar refractivity (Wildman–Crippen MR) is 120 cm³/mol. The molecule has 0 amide bonds. The third-order valence-electron chi connectivity index (χ3n) is 4.00. The number of halogens is 2. The molecule has 4 aromatic rings. The number of aliphatic imine (C=N–C) groups is 1. The number of pyridine rings is 1. The Morgan fingerprint density at radius 1 is 1.10 bits per heavy atom. The number of hydrogen-bond donors (Lipinski definition) is 2. The molecule has 0 fully saturated rings. The summed E-state index contributed by atoms with van der Waals surface area (Å²) >= 11 is 5.90. The van der Waals surface area contributed by atoms with Crippen LogP contribution in [-0.4, -0.2) is 37.7 Å². The summed E-state index contributed by atoms with van der Waals surface area (Å²) in [6.45, 7) is 0.797. The Balaban J connectivity index is 0.00000240. The van der Waals surface area contributed by atoms with Gasteiger partial charge in [-0.1, -0.05) is 22.8 Å². The number of rotatable bonds is 5. The van der Waals surface area contributed by atoms with Crippen LogP contribution in [0.15, 0.2) is 58.2 Å². The van der Waals surface area contributed by atoms with Crippen molar-refractivity contribution in [2.75, 3.05) is 7.05 Å². The molecule has 0 aliphatic carbocycles. The van der Waals surface area contributed by atoms with E-state index >= 15 is 0 Å². The number of nitrogens with zero attached hydrogens (tertiary/aromatic N) is 6. The van der Waals surface area contributed by atoms with Gasteiger partial charge in [-0.25, -0.2) is 0 Å². The molecule has 3 heterocycles. The molecule has 4 rings (SSSR count). The van der Waals surface area contributed by atoms with Crippen LogP contribution in [0.1, 0.15) is 11.7 Å². The molecule has 0 aliphatic rings. The number of hydrogen-bond acceptors (Lipinski definition) is 6. The number of aromatic nitrogens is 5. The highest BCUT2D eigenvalue weighted by Crippen LogP contribution is 2.18. The summed E-state index contributed by atoms with van der Waals surface area (Å²) in [5, 5.41) is 19.3. The number of nitrogens with one attached hydrogen (secondary N) is 2. The summed E-state index contributed by atoms with van der Waals surface area (Å²) in [5.41, 5.74) is 1.63. The van der Waals surface area contributed by atoms with Gasteiger partial charge in [-0.15, -0.1) is 34.2 Å². The van der Waals surface area contributed by atoms with Crippen molar-refractivity contribution in [2.24, 2.45) is 4.99 Å². The zero-order valence-corrected chi connectivity index (χ0v) is 18.5. The van der Waals surface area contributed by atoms with Crippen molar-refractivity contribution in [1.29, 1.82) is 0 Å². The molecule has 9 nitrogen and oxygen atoms in total. The summed E-state index contributed by atoms with van der Waals surface area (Å²) in [5.74, 6) is 2.31. The van der Waals surface area contributed by atoms with Crippen LogP contribution in [0.2, 0.25) is 5.02 Å². The van der Waals surface area contributed by atoms with Crippen LogP contribution in [0.4, 0.5) is 0 Å². The molecular weight excluding hydrogens is 507 g/mol. The molecule has 0 aliphatic heterocycles. The first-order chi connectivity index (χ1) is 13.7. The first-order valence-electron chi connectivity index (χ1n) is 8.54. The van der Waals surface area contributed by atoms with Gasteiger partial charge in [-0.3, -0.25) is 9.39 Å². The van der Waals surface area contributed by atoms with Gasteiger partial charge in [0.2, 0.25) is 11.7 Å². The van der Waals surface area contributed by atoms with Crippen LogP contribution in [0, 0.1) is 0 Å². The molecule has 0 radical (unpaired) electrons. The van der Waals surface area contributed by atoms with Gasteiger partial charge in [0.15, 0.2) is 17.4 Å². The van der Waals surface area contributed by atoms with Gasteiger partial charge in [-0.05, 0) is 36.4 Å². The normalized spacial score (nSPS) is 11.3. The maximum Gasteiger partial charge on any atom is 0.246 e. The zero-order valence-electron chi connectivity index (χ0n) is 15.4. The molecule has 0 atom stereocenters. The highest BCUT2D eigenvalue weighted by Gasteiger charge is 2.10. The standard InChI is InChI=1S/C18H17ClN8O.HI/c1-20-18(21-10-15-25-24-14-4-2-3-9-27(14)15)22-11-16-23-17(26-28-16)12-5-7-13(19)8-6-12;/h2-9H,10-11H2,1H3,(H2,20,21,22);1H. The van der Waals surface area contributed by atoms with Crippen LogP contribution < -0.4 is 10.6 Å². The van der Waals surface area contributed by atoms with Crippen LogP contribution in [0.3, 0.4) is 0 Å². The molecule has 0 spiro atoms. The Kier molecular flexibility index (Phi) is 6.99. The first kappa shape index (κ1) is 21.0. The SMILES string of the molecule is CN=C(NCc1nc(-c2ccc(Cl)cc2)no1)NCc1nnc2ccccn12.I. The minimum atomic E-state index is 0. The van der Waals surface area contributed by atoms with E-state index in [1.807, 2.05) is 40.9 Å². The summed E-state index contributed by atoms with van der Waals surface area (Å²) in [4.78, 5) is 8.56. The van der Waals surface area contributed by atoms with Gasteiger partial charge in [0.25, 0.3) is 0 Å². The number of fused-ring (bicyclic) bond motifs is 1. The molecule has 2 N–H and O–H groups in total. The Labute approximate surface area is 188 Å². The van der Waals surface area contributed by atoms with E-state index in [1.54, 1.807) is 19.2 Å². The third kappa shape index (κ3) is 5.01. The molecule has 11 heteroatoms. The molecule has 3 aromatic heterocycles. The van der Waals surface area contributed by atoms with E-state index < -0.39 is 0 Å². The van der Waals surface area contributed by atoms with Gasteiger partial charge < -0.3 is 15.2 Å². The van der Waals surface area contributed by atoms with Crippen molar-refractivity contribution >= 4 is 47.2 Å². The molecule has 0 saturated heterocycles. The Hall–Kier alpha value is -2.73. The van der Waals surface area contributed by atoms with Crippen molar-refractivity contribution in [3.63, 3.8) is 0 Å². The van der Waals surface area contributed by atoms with Crippen molar-refractivity contribution in [3.05, 3.63) is 65.4 Å². The highest BCUT2D eigenvalue weighted by atomic mass is 127. The fourth-order valence-electron chi connectivity index (χ4n) is 2.60. The van der Waals surface area contributed by atoms with Crippen molar-refractivity contribution in [2.45, 2.75) is 13.1 Å². The van der Waals surface area contributed by atoms with E-state index in [2.05, 4.69) is 36.0 Å². The second kappa shape index (κ2) is 9.65. The maximum absolute atomic E-state index is 5.90. The molecule has 150 valence electrons. The van der Waals surface area contributed by atoms with Crippen LogP contribution in [0.5, 0.6) is 0 Å². The lowest BCUT2D eigenvalue weighted by molar-refractivity contribution is 0.375. The lowest BCUT2D eigenvalue weighted by Gasteiger charge is -2.09. The van der Waals surface area contributed by atoms with Gasteiger partial charge in [0.05, 0.1) is 13.1 Å². The van der Waals surface area contributed by atoms with Crippen molar-refractivity contribution in [3.8, 4) is 11.4 Å². The van der Waals surface area contributed by atoms with Gasteiger partial charge >= 0.3 is 0 Å². The van der Waals surface area contributed by atoms with Gasteiger partial charge in [-0.2, -0.15) is 4.98 Å². The lowest BCUT2D eigenvalue weighted by atomic mass is 10.2. The molecule has 1 aromatic carbocycles. The van der Waals surface area contributed by atoms with E-state index in [4.69, 9.17) is 16.1 Å². The smallest absolute Gasteiger partial charge is 0.246 e. The maximum atomic E-state index is 5.90. The van der Waals surface area contributed by atoms with Crippen LogP contribution in [0.25, 0.3) is 17.0 Å². The predicted octanol–water partition coefficient (Wildman–Crippen LogP) is 2.92. The van der Waals surface area contributed by atoms with Crippen LogP contribution in [-0.2, 0) is 13.1 Å². The molecule has 29 heavy (non-hydrogen) atoms. The van der Waals surface area contributed by atoms with Gasteiger partial charge in [0, 0.05) is 23.8 Å². The van der Waals surface area contributed by atoms with E-state index in [0.29, 0.717) is 35.8 Å². The highest BCUT2D eigenvalue weighted by molar-refractivity contribution is 14.0. The molecule has 0 unspecified atom stereocenters. The van der Waals surface area contributed by atoms with E-state index in [0.717, 1.165) is 17.0 Å². The minimum Gasteiger partial charge on any atom is -0.349 e. The largest absolute Gasteiger partial charge is 0.349 e. The fourth-order valence-corrected chi connectivity index (χ4v) is 2.72. The quantitative estimate of drug-likeness (QED) is 0.235. The molecular formula is C18H18ClIN8O. The summed E-state index contributed by atoms with van der Waals surface area (Å²) in [6, 6.07) is 13.0. The second-order valence-electron chi connectivity index (χ2n) is 5.84. The van der Waals surface area contributed by atoms with Crippen LogP contribution >= 0.6 is 35.6 Å². The number of benzene rings is 1. The first-order valence-corrected chi connectivity index (χ1v) is 8.92. The summed E-state index contributed by atoms with van der Waals surface area (Å²) in [7, 11) is 1.68. The fraction of sp³-hybridized carbons (Fsp3) is 0.167. The topological polar surface area (TPSA) is 106 Å². The Morgan fingerprint density at radius 3 is 2.69 bits per heavy atom. The van der Waals surface area contributed by atoms with E-state index in [1.165, 1.54) is 0 Å². The third-order valence-corrected chi connectivity index (χ3v) is 4.25. The number of guanidine groups is 1. The summed E-state index contributed by atoms with van der Waals surface area (Å²) < 4.78 is 7.20. The Bertz CT molecular complexity index is 1110. The van der Waals surface area contributed by atoms with Crippen molar-refractivity contribution < 1.29 is 4.52 Å². The van der Waals surface area contributed by atoms with E-state index in [-0.39, 0.29) is 24.0 Å². The average Bonchev–Trinajstić information content (AvgIpc) is 3.36. The monoisotopic (exact) mass is 524 g/mol. The van der Waals surface area contributed by atoms with E-state index in [9.17, 15) is 0 Å². The lowest BCUT2D eigenvalue weighted by Crippen LogP contribution is -2.36. The second-order valence-corrected chi connectivity index (χ2v) is 6.28.